The lowest BCUT2D eigenvalue weighted by molar-refractivity contribution is -0.127. The Kier molecular flexibility index (Phi) is 5.68. The van der Waals surface area contributed by atoms with Gasteiger partial charge in [-0.2, -0.15) is 0 Å². The van der Waals surface area contributed by atoms with E-state index in [1.807, 2.05) is 12.3 Å². The first-order valence-corrected chi connectivity index (χ1v) is 11.4. The minimum Gasteiger partial charge on any atom is -0.371 e. The van der Waals surface area contributed by atoms with Gasteiger partial charge in [-0.05, 0) is 31.7 Å². The van der Waals surface area contributed by atoms with Crippen LogP contribution in [-0.4, -0.2) is 53.4 Å². The number of hydrogen-bond donors (Lipinski definition) is 2. The van der Waals surface area contributed by atoms with Crippen molar-refractivity contribution in [3.05, 3.63) is 18.0 Å². The van der Waals surface area contributed by atoms with Crippen LogP contribution < -0.4 is 10.6 Å². The van der Waals surface area contributed by atoms with Gasteiger partial charge in [-0.15, -0.1) is 0 Å². The van der Waals surface area contributed by atoms with Gasteiger partial charge in [0.2, 0.25) is 11.9 Å². The van der Waals surface area contributed by atoms with Gasteiger partial charge in [-0.1, -0.05) is 32.1 Å². The molecule has 29 heavy (non-hydrogen) atoms. The standard InChI is InChI=1S/C22H32N4O3/c27-21(15-8-2-1-3-9-15)24-17-12-28-20-18(13-29-19(17)20)26-22-23-11-10-16(25-22)14-6-4-5-7-14/h10-11,14-15,17-20H,1-9,12-13H2,(H,24,27)(H,23,25,26)/t17-,18+,19-,20+/m0/s1. The third kappa shape index (κ3) is 4.12. The third-order valence-corrected chi connectivity index (χ3v) is 7.12. The van der Waals surface area contributed by atoms with Crippen LogP contribution in [0.5, 0.6) is 0 Å². The molecule has 2 saturated carbocycles. The Morgan fingerprint density at radius 3 is 2.41 bits per heavy atom. The molecule has 0 radical (unpaired) electrons. The molecule has 4 fully saturated rings. The van der Waals surface area contributed by atoms with Crippen molar-refractivity contribution >= 4 is 11.9 Å². The fourth-order valence-electron chi connectivity index (χ4n) is 5.47. The zero-order valence-corrected chi connectivity index (χ0v) is 17.0. The molecule has 7 heteroatoms. The lowest BCUT2D eigenvalue weighted by Gasteiger charge is -2.24. The maximum absolute atomic E-state index is 12.6. The van der Waals surface area contributed by atoms with E-state index in [9.17, 15) is 4.79 Å². The van der Waals surface area contributed by atoms with Crippen LogP contribution in [0, 0.1) is 5.92 Å². The lowest BCUT2D eigenvalue weighted by Crippen LogP contribution is -2.47. The number of hydrogen-bond acceptors (Lipinski definition) is 6. The van der Waals surface area contributed by atoms with Gasteiger partial charge in [-0.25, -0.2) is 9.97 Å². The normalized spacial score (nSPS) is 33.0. The molecule has 2 N–H and O–H groups in total. The highest BCUT2D eigenvalue weighted by molar-refractivity contribution is 5.79. The van der Waals surface area contributed by atoms with Crippen LogP contribution in [0.25, 0.3) is 0 Å². The second-order valence-corrected chi connectivity index (χ2v) is 9.08. The van der Waals surface area contributed by atoms with Crippen molar-refractivity contribution in [2.24, 2.45) is 5.92 Å². The van der Waals surface area contributed by atoms with Gasteiger partial charge in [0.1, 0.15) is 12.2 Å². The Balaban J connectivity index is 1.18. The molecule has 2 aliphatic heterocycles. The molecule has 7 nitrogen and oxygen atoms in total. The van der Waals surface area contributed by atoms with E-state index in [0.29, 0.717) is 25.1 Å². The summed E-state index contributed by atoms with van der Waals surface area (Å²) in [5.41, 5.74) is 1.14. The first-order valence-electron chi connectivity index (χ1n) is 11.4. The summed E-state index contributed by atoms with van der Waals surface area (Å²) in [6.07, 6.45) is 12.3. The molecule has 2 saturated heterocycles. The average molecular weight is 401 g/mol. The number of anilines is 1. The first-order chi connectivity index (χ1) is 14.3. The van der Waals surface area contributed by atoms with Crippen LogP contribution in [0.2, 0.25) is 0 Å². The van der Waals surface area contributed by atoms with E-state index >= 15 is 0 Å². The summed E-state index contributed by atoms with van der Waals surface area (Å²) in [5.74, 6) is 1.55. The van der Waals surface area contributed by atoms with Crippen LogP contribution in [0.1, 0.15) is 69.4 Å². The van der Waals surface area contributed by atoms with Crippen molar-refractivity contribution < 1.29 is 14.3 Å². The summed E-state index contributed by atoms with van der Waals surface area (Å²) in [5, 5.41) is 6.63. The van der Waals surface area contributed by atoms with E-state index in [1.54, 1.807) is 0 Å². The quantitative estimate of drug-likeness (QED) is 0.791. The molecular weight excluding hydrogens is 368 g/mol. The van der Waals surface area contributed by atoms with Crippen LogP contribution in [0.4, 0.5) is 5.95 Å². The van der Waals surface area contributed by atoms with E-state index in [4.69, 9.17) is 14.5 Å². The molecule has 0 unspecified atom stereocenters. The van der Waals surface area contributed by atoms with Gasteiger partial charge in [0.15, 0.2) is 0 Å². The zero-order chi connectivity index (χ0) is 19.6. The molecule has 0 aromatic carbocycles. The Morgan fingerprint density at radius 1 is 0.931 bits per heavy atom. The highest BCUT2D eigenvalue weighted by Gasteiger charge is 2.48. The van der Waals surface area contributed by atoms with Gasteiger partial charge in [0.25, 0.3) is 0 Å². The Hall–Kier alpha value is -1.73. The molecule has 158 valence electrons. The van der Waals surface area contributed by atoms with Crippen LogP contribution in [0.3, 0.4) is 0 Å². The molecule has 1 aromatic heterocycles. The average Bonchev–Trinajstić information content (AvgIpc) is 3.49. The molecule has 3 heterocycles. The summed E-state index contributed by atoms with van der Waals surface area (Å²) in [6.45, 7) is 1.05. The number of carbonyl (C=O) groups excluding carboxylic acids is 1. The van der Waals surface area contributed by atoms with Crippen molar-refractivity contribution in [3.63, 3.8) is 0 Å². The van der Waals surface area contributed by atoms with Crippen molar-refractivity contribution in [2.75, 3.05) is 18.5 Å². The third-order valence-electron chi connectivity index (χ3n) is 7.12. The Morgan fingerprint density at radius 2 is 1.62 bits per heavy atom. The van der Waals surface area contributed by atoms with Crippen LogP contribution >= 0.6 is 0 Å². The molecule has 1 amide bonds. The second-order valence-electron chi connectivity index (χ2n) is 9.08. The fourth-order valence-corrected chi connectivity index (χ4v) is 5.47. The van der Waals surface area contributed by atoms with E-state index in [2.05, 4.69) is 15.6 Å². The fraction of sp³-hybridized carbons (Fsp3) is 0.773. The number of nitrogens with zero attached hydrogens (tertiary/aromatic N) is 2. The second kappa shape index (κ2) is 8.56. The lowest BCUT2D eigenvalue weighted by atomic mass is 9.88. The first kappa shape index (κ1) is 19.2. The smallest absolute Gasteiger partial charge is 0.223 e. The Bertz CT molecular complexity index is 718. The number of ether oxygens (including phenoxy) is 2. The Labute approximate surface area is 172 Å². The van der Waals surface area contributed by atoms with Crippen molar-refractivity contribution in [1.29, 1.82) is 0 Å². The molecule has 4 aliphatic rings. The number of nitrogens with one attached hydrogen (secondary N) is 2. The van der Waals surface area contributed by atoms with E-state index in [0.717, 1.165) is 31.4 Å². The van der Waals surface area contributed by atoms with E-state index in [-0.39, 0.29) is 36.1 Å². The van der Waals surface area contributed by atoms with Gasteiger partial charge in [0.05, 0.1) is 25.3 Å². The number of aromatic nitrogens is 2. The minimum absolute atomic E-state index is 0.00964. The van der Waals surface area contributed by atoms with Crippen molar-refractivity contribution in [2.45, 2.75) is 88.0 Å². The molecule has 0 bridgehead atoms. The van der Waals surface area contributed by atoms with Gasteiger partial charge in [0, 0.05) is 23.7 Å². The summed E-state index contributed by atoms with van der Waals surface area (Å²) < 4.78 is 12.1. The van der Waals surface area contributed by atoms with E-state index < -0.39 is 0 Å². The van der Waals surface area contributed by atoms with Crippen molar-refractivity contribution in [1.82, 2.24) is 15.3 Å². The predicted molar refractivity (Wildman–Crippen MR) is 109 cm³/mol. The zero-order valence-electron chi connectivity index (χ0n) is 17.0. The molecule has 5 rings (SSSR count). The number of carbonyl (C=O) groups is 1. The number of rotatable bonds is 5. The van der Waals surface area contributed by atoms with E-state index in [1.165, 1.54) is 32.1 Å². The topological polar surface area (TPSA) is 85.4 Å². The summed E-state index contributed by atoms with van der Waals surface area (Å²) in [6, 6.07) is 1.99. The molecule has 1 aromatic rings. The predicted octanol–water partition coefficient (Wildman–Crippen LogP) is 2.78. The highest BCUT2D eigenvalue weighted by atomic mass is 16.6. The van der Waals surface area contributed by atoms with Gasteiger partial charge < -0.3 is 20.1 Å². The summed E-state index contributed by atoms with van der Waals surface area (Å²) in [7, 11) is 0. The molecular formula is C22H32N4O3. The minimum atomic E-state index is -0.0990. The molecule has 4 atom stereocenters. The number of amides is 1. The van der Waals surface area contributed by atoms with Gasteiger partial charge >= 0.3 is 0 Å². The van der Waals surface area contributed by atoms with Crippen LogP contribution in [-0.2, 0) is 14.3 Å². The molecule has 0 spiro atoms. The maximum Gasteiger partial charge on any atom is 0.223 e. The maximum atomic E-state index is 12.6. The molecule has 2 aliphatic carbocycles. The van der Waals surface area contributed by atoms with Crippen LogP contribution in [0.15, 0.2) is 12.3 Å². The summed E-state index contributed by atoms with van der Waals surface area (Å²) in [4.78, 5) is 21.8. The summed E-state index contributed by atoms with van der Waals surface area (Å²) >= 11 is 0. The largest absolute Gasteiger partial charge is 0.371 e. The number of fused-ring (bicyclic) bond motifs is 1. The SMILES string of the molecule is O=C(N[C@H]1CO[C@H]2[C@H]1OC[C@H]2Nc1nccc(C2CCCC2)n1)C1CCCCC1. The highest BCUT2D eigenvalue weighted by Crippen LogP contribution is 2.34. The van der Waals surface area contributed by atoms with Crippen molar-refractivity contribution in [3.8, 4) is 0 Å². The monoisotopic (exact) mass is 400 g/mol. The van der Waals surface area contributed by atoms with Gasteiger partial charge in [-0.3, -0.25) is 4.79 Å².